The number of hydrogen-bond donors (Lipinski definition) is 1. The first kappa shape index (κ1) is 10.9. The average molecular weight is 187 g/mol. The van der Waals surface area contributed by atoms with Gasteiger partial charge in [-0.1, -0.05) is 17.7 Å². The molecule has 0 aromatic rings. The molecule has 4 heteroatoms. The zero-order chi connectivity index (χ0) is 9.56. The van der Waals surface area contributed by atoms with E-state index in [9.17, 15) is 4.79 Å². The van der Waals surface area contributed by atoms with Crippen molar-refractivity contribution in [3.63, 3.8) is 0 Å². The van der Waals surface area contributed by atoms with Crippen LogP contribution in [-0.4, -0.2) is 18.7 Å². The van der Waals surface area contributed by atoms with E-state index in [1.165, 1.54) is 13.1 Å². The van der Waals surface area contributed by atoms with Crippen LogP contribution in [-0.2, 0) is 4.79 Å². The van der Waals surface area contributed by atoms with Gasteiger partial charge in [0.2, 0.25) is 0 Å². The highest BCUT2D eigenvalue weighted by atomic mass is 35.5. The molecule has 0 fully saturated rings. The lowest BCUT2D eigenvalue weighted by atomic mass is 10.3. The highest BCUT2D eigenvalue weighted by molar-refractivity contribution is 6.45. The summed E-state index contributed by atoms with van der Waals surface area (Å²) in [5.74, 6) is -0.583. The normalized spacial score (nSPS) is 13.9. The first-order valence-electron chi connectivity index (χ1n) is 3.38. The van der Waals surface area contributed by atoms with Crippen LogP contribution in [0.5, 0.6) is 0 Å². The molecule has 0 saturated carbocycles. The Kier molecular flexibility index (Phi) is 5.04. The molecule has 0 bridgehead atoms. The summed E-state index contributed by atoms with van der Waals surface area (Å²) >= 11 is 5.68. The van der Waals surface area contributed by atoms with Crippen LogP contribution < -0.4 is 5.73 Å². The van der Waals surface area contributed by atoms with Crippen LogP contribution in [0, 0.1) is 0 Å². The fourth-order valence-corrected chi connectivity index (χ4v) is 0.813. The predicted molar refractivity (Wildman–Crippen MR) is 51.3 cm³/mol. The van der Waals surface area contributed by atoms with Gasteiger partial charge in [-0.05, 0) is 19.1 Å². The van der Waals surface area contributed by atoms with E-state index in [-0.39, 0.29) is 5.71 Å². The molecule has 0 spiro atoms. The second-order valence-corrected chi connectivity index (χ2v) is 2.44. The molecular formula is C8H11ClN2O. The maximum Gasteiger partial charge on any atom is 0.266 e. The van der Waals surface area contributed by atoms with Gasteiger partial charge in [0.25, 0.3) is 5.91 Å². The summed E-state index contributed by atoms with van der Waals surface area (Å²) in [5, 5.41) is 0.428. The highest BCUT2D eigenvalue weighted by Gasteiger charge is 2.01. The van der Waals surface area contributed by atoms with E-state index in [0.29, 0.717) is 5.03 Å². The van der Waals surface area contributed by atoms with Crippen molar-refractivity contribution in [1.29, 1.82) is 0 Å². The van der Waals surface area contributed by atoms with Crippen LogP contribution in [0.15, 0.2) is 28.3 Å². The largest absolute Gasteiger partial charge is 0.364 e. The van der Waals surface area contributed by atoms with Gasteiger partial charge in [-0.15, -0.1) is 0 Å². The quantitative estimate of drug-likeness (QED) is 0.523. The molecule has 3 nitrogen and oxygen atoms in total. The molecule has 2 N–H and O–H groups in total. The van der Waals surface area contributed by atoms with Crippen molar-refractivity contribution < 1.29 is 4.79 Å². The Labute approximate surface area is 76.6 Å². The molecule has 0 aromatic heterocycles. The van der Waals surface area contributed by atoms with Crippen LogP contribution in [0.2, 0.25) is 0 Å². The lowest BCUT2D eigenvalue weighted by molar-refractivity contribution is -0.111. The first-order valence-corrected chi connectivity index (χ1v) is 3.76. The number of amides is 1. The third kappa shape index (κ3) is 3.93. The Bertz CT molecular complexity index is 254. The minimum Gasteiger partial charge on any atom is -0.364 e. The number of hydrogen-bond acceptors (Lipinski definition) is 2. The number of halogens is 1. The second kappa shape index (κ2) is 5.55. The third-order valence-corrected chi connectivity index (χ3v) is 1.33. The van der Waals surface area contributed by atoms with Gasteiger partial charge < -0.3 is 5.73 Å². The Morgan fingerprint density at radius 1 is 1.58 bits per heavy atom. The van der Waals surface area contributed by atoms with E-state index in [1.807, 2.05) is 6.92 Å². The Hall–Kier alpha value is -1.09. The summed E-state index contributed by atoms with van der Waals surface area (Å²) in [6.45, 7) is 1.82. The monoisotopic (exact) mass is 186 g/mol. The summed E-state index contributed by atoms with van der Waals surface area (Å²) in [7, 11) is 1.48. The molecule has 0 aliphatic rings. The summed E-state index contributed by atoms with van der Waals surface area (Å²) < 4.78 is 0. The Balaban J connectivity index is 4.60. The number of nitrogens with zero attached hydrogens (tertiary/aromatic N) is 1. The molecule has 0 unspecified atom stereocenters. The van der Waals surface area contributed by atoms with Gasteiger partial charge in [-0.2, -0.15) is 0 Å². The molecular weight excluding hydrogens is 176 g/mol. The maximum atomic E-state index is 10.6. The fourth-order valence-electron chi connectivity index (χ4n) is 0.584. The van der Waals surface area contributed by atoms with Gasteiger partial charge in [0.15, 0.2) is 0 Å². The van der Waals surface area contributed by atoms with Crippen molar-refractivity contribution in [2.24, 2.45) is 10.7 Å². The van der Waals surface area contributed by atoms with Crippen molar-refractivity contribution in [1.82, 2.24) is 0 Å². The molecule has 0 aliphatic carbocycles. The van der Waals surface area contributed by atoms with Gasteiger partial charge in [-0.25, -0.2) is 0 Å². The van der Waals surface area contributed by atoms with Crippen molar-refractivity contribution in [3.05, 3.63) is 23.3 Å². The maximum absolute atomic E-state index is 10.6. The lowest BCUT2D eigenvalue weighted by Gasteiger charge is -1.92. The molecule has 0 saturated heterocycles. The standard InChI is InChI=1S/C8H11ClN2O/c1-3-4-6(9)5-7(11-2)8(10)12/h3-5H,1-2H3,(H2,10,12)/b4-3-,6-5+,11-7+. The summed E-state index contributed by atoms with van der Waals surface area (Å²) in [6, 6.07) is 0. The van der Waals surface area contributed by atoms with E-state index in [0.717, 1.165) is 0 Å². The van der Waals surface area contributed by atoms with Gasteiger partial charge in [0.1, 0.15) is 5.71 Å². The number of aliphatic imine (C=N–C) groups is 1. The number of primary amides is 1. The Morgan fingerprint density at radius 3 is 2.50 bits per heavy atom. The number of rotatable bonds is 3. The molecule has 66 valence electrons. The molecule has 0 heterocycles. The number of nitrogens with two attached hydrogens (primary N) is 1. The molecule has 0 rings (SSSR count). The van der Waals surface area contributed by atoms with Crippen LogP contribution in [0.3, 0.4) is 0 Å². The van der Waals surface area contributed by atoms with E-state index >= 15 is 0 Å². The molecule has 0 aromatic carbocycles. The molecule has 0 atom stereocenters. The summed E-state index contributed by atoms with van der Waals surface area (Å²) in [6.07, 6.45) is 4.83. The fraction of sp³-hybridized carbons (Fsp3) is 0.250. The number of carbonyl (C=O) groups is 1. The third-order valence-electron chi connectivity index (χ3n) is 1.09. The van der Waals surface area contributed by atoms with Crippen molar-refractivity contribution >= 4 is 23.2 Å². The minimum absolute atomic E-state index is 0.165. The summed E-state index contributed by atoms with van der Waals surface area (Å²) in [5.41, 5.74) is 5.16. The van der Waals surface area contributed by atoms with E-state index in [2.05, 4.69) is 4.99 Å². The van der Waals surface area contributed by atoms with Crippen LogP contribution in [0.1, 0.15) is 6.92 Å². The van der Waals surface area contributed by atoms with Crippen LogP contribution in [0.25, 0.3) is 0 Å². The van der Waals surface area contributed by atoms with Crippen molar-refractivity contribution in [2.45, 2.75) is 6.92 Å². The minimum atomic E-state index is -0.583. The van der Waals surface area contributed by atoms with Gasteiger partial charge >= 0.3 is 0 Å². The van der Waals surface area contributed by atoms with E-state index < -0.39 is 5.91 Å². The van der Waals surface area contributed by atoms with Crippen LogP contribution >= 0.6 is 11.6 Å². The van der Waals surface area contributed by atoms with Crippen molar-refractivity contribution in [2.75, 3.05) is 7.05 Å². The SMILES string of the molecule is C\C=C/C(Cl)=C\C(=N/C)C(N)=O. The number of allylic oxidation sites excluding steroid dienone is 3. The Morgan fingerprint density at radius 2 is 2.17 bits per heavy atom. The van der Waals surface area contributed by atoms with Gasteiger partial charge in [0.05, 0.1) is 0 Å². The van der Waals surface area contributed by atoms with E-state index in [4.69, 9.17) is 17.3 Å². The van der Waals surface area contributed by atoms with E-state index in [1.54, 1.807) is 12.2 Å². The first-order chi connectivity index (χ1) is 5.61. The number of carbonyl (C=O) groups excluding carboxylic acids is 1. The van der Waals surface area contributed by atoms with Crippen LogP contribution in [0.4, 0.5) is 0 Å². The molecule has 1 amide bonds. The molecule has 0 radical (unpaired) electrons. The van der Waals surface area contributed by atoms with Gasteiger partial charge in [-0.3, -0.25) is 9.79 Å². The van der Waals surface area contributed by atoms with Gasteiger partial charge in [0, 0.05) is 12.1 Å². The summed E-state index contributed by atoms with van der Waals surface area (Å²) in [4.78, 5) is 14.3. The zero-order valence-corrected chi connectivity index (χ0v) is 7.80. The zero-order valence-electron chi connectivity index (χ0n) is 7.04. The predicted octanol–water partition coefficient (Wildman–Crippen LogP) is 1.24. The smallest absolute Gasteiger partial charge is 0.266 e. The molecule has 0 aliphatic heterocycles. The highest BCUT2D eigenvalue weighted by Crippen LogP contribution is 2.03. The lowest BCUT2D eigenvalue weighted by Crippen LogP contribution is -2.21. The molecule has 12 heavy (non-hydrogen) atoms. The average Bonchev–Trinajstić information content (AvgIpc) is 2.00. The van der Waals surface area contributed by atoms with Crippen molar-refractivity contribution in [3.8, 4) is 0 Å². The second-order valence-electron chi connectivity index (χ2n) is 2.00. The topological polar surface area (TPSA) is 55.4 Å².